The number of rotatable bonds is 5. The van der Waals surface area contributed by atoms with Crippen LogP contribution in [0.2, 0.25) is 0 Å². The number of sulfonamides is 1. The summed E-state index contributed by atoms with van der Waals surface area (Å²) < 4.78 is 26.8. The first-order valence-corrected chi connectivity index (χ1v) is 12.2. The van der Waals surface area contributed by atoms with Crippen molar-refractivity contribution < 1.29 is 13.5 Å². The number of fused-ring (bicyclic) bond motifs is 1. The van der Waals surface area contributed by atoms with Crippen LogP contribution in [0.1, 0.15) is 31.2 Å². The fourth-order valence-electron chi connectivity index (χ4n) is 4.87. The van der Waals surface area contributed by atoms with E-state index in [0.29, 0.717) is 13.1 Å². The minimum atomic E-state index is -3.21. The van der Waals surface area contributed by atoms with E-state index < -0.39 is 10.0 Å². The molecule has 0 aromatic heterocycles. The summed E-state index contributed by atoms with van der Waals surface area (Å²) in [6.07, 6.45) is 1.83. The van der Waals surface area contributed by atoms with Gasteiger partial charge in [-0.25, -0.2) is 12.7 Å². The first-order chi connectivity index (χ1) is 14.0. The first kappa shape index (κ1) is 20.5. The third kappa shape index (κ3) is 3.99. The van der Waals surface area contributed by atoms with Gasteiger partial charge in [-0.2, -0.15) is 0 Å². The average molecular weight is 415 g/mol. The second kappa shape index (κ2) is 8.56. The van der Waals surface area contributed by atoms with Gasteiger partial charge < -0.3 is 5.11 Å². The molecule has 4 rings (SSSR count). The van der Waals surface area contributed by atoms with E-state index in [-0.39, 0.29) is 30.4 Å². The molecule has 6 heteroatoms. The van der Waals surface area contributed by atoms with Crippen LogP contribution in [0.25, 0.3) is 11.1 Å². The third-order valence-corrected chi connectivity index (χ3v) is 8.34. The van der Waals surface area contributed by atoms with Gasteiger partial charge in [-0.05, 0) is 43.0 Å². The zero-order valence-electron chi connectivity index (χ0n) is 16.9. The fraction of sp³-hybridized carbons (Fsp3) is 0.478. The van der Waals surface area contributed by atoms with Crippen LogP contribution in [0.15, 0.2) is 54.6 Å². The molecule has 2 heterocycles. The van der Waals surface area contributed by atoms with Crippen molar-refractivity contribution in [2.45, 2.75) is 37.8 Å². The van der Waals surface area contributed by atoms with E-state index in [1.54, 1.807) is 11.2 Å². The van der Waals surface area contributed by atoms with Crippen LogP contribution in [-0.4, -0.2) is 66.8 Å². The SMILES string of the molecule is CCS(=O)(=O)N1CCCCN2[C@H](CO)[C@@H](c3ccc(-c4ccccc4)cc3)[C@@H]2C1. The average Bonchev–Trinajstić information content (AvgIpc) is 2.73. The van der Waals surface area contributed by atoms with Crippen LogP contribution in [0.4, 0.5) is 0 Å². The summed E-state index contributed by atoms with van der Waals surface area (Å²) in [5.74, 6) is 0.289. The van der Waals surface area contributed by atoms with Gasteiger partial charge >= 0.3 is 0 Å². The molecular weight excluding hydrogens is 384 g/mol. The van der Waals surface area contributed by atoms with E-state index in [2.05, 4.69) is 41.3 Å². The maximum Gasteiger partial charge on any atom is 0.213 e. The summed E-state index contributed by atoms with van der Waals surface area (Å²) in [5.41, 5.74) is 3.53. The fourth-order valence-corrected chi connectivity index (χ4v) is 6.02. The molecule has 0 spiro atoms. The lowest BCUT2D eigenvalue weighted by Crippen LogP contribution is -2.67. The molecule has 0 saturated carbocycles. The summed E-state index contributed by atoms with van der Waals surface area (Å²) in [6, 6.07) is 19.0. The van der Waals surface area contributed by atoms with Gasteiger partial charge in [0, 0.05) is 31.1 Å². The Morgan fingerprint density at radius 1 is 0.966 bits per heavy atom. The quantitative estimate of drug-likeness (QED) is 0.817. The lowest BCUT2D eigenvalue weighted by molar-refractivity contribution is -0.0553. The van der Waals surface area contributed by atoms with Crippen LogP contribution < -0.4 is 0 Å². The molecule has 2 aromatic rings. The Morgan fingerprint density at radius 2 is 1.62 bits per heavy atom. The van der Waals surface area contributed by atoms with Crippen LogP contribution in [0.5, 0.6) is 0 Å². The molecule has 5 nitrogen and oxygen atoms in total. The predicted octanol–water partition coefficient (Wildman–Crippen LogP) is 2.93. The minimum Gasteiger partial charge on any atom is -0.395 e. The molecule has 29 heavy (non-hydrogen) atoms. The zero-order valence-corrected chi connectivity index (χ0v) is 17.8. The van der Waals surface area contributed by atoms with Crippen molar-refractivity contribution in [1.82, 2.24) is 9.21 Å². The Bertz CT molecular complexity index is 915. The van der Waals surface area contributed by atoms with Gasteiger partial charge in [-0.1, -0.05) is 54.6 Å². The normalized spacial score (nSPS) is 26.2. The molecule has 2 saturated heterocycles. The second-order valence-corrected chi connectivity index (χ2v) is 10.3. The van der Waals surface area contributed by atoms with Gasteiger partial charge in [0.1, 0.15) is 0 Å². The van der Waals surface area contributed by atoms with Gasteiger partial charge in [0.2, 0.25) is 10.0 Å². The lowest BCUT2D eigenvalue weighted by atomic mass is 9.74. The van der Waals surface area contributed by atoms with Gasteiger partial charge in [0.05, 0.1) is 12.4 Å². The van der Waals surface area contributed by atoms with Crippen LogP contribution >= 0.6 is 0 Å². The number of aliphatic hydroxyl groups excluding tert-OH is 1. The summed E-state index contributed by atoms with van der Waals surface area (Å²) in [4.78, 5) is 2.31. The van der Waals surface area contributed by atoms with Crippen molar-refractivity contribution in [2.24, 2.45) is 0 Å². The number of aliphatic hydroxyl groups is 1. The van der Waals surface area contributed by atoms with Crippen molar-refractivity contribution in [3.05, 3.63) is 60.2 Å². The number of benzene rings is 2. The highest BCUT2D eigenvalue weighted by Gasteiger charge is 2.49. The highest BCUT2D eigenvalue weighted by atomic mass is 32.2. The topological polar surface area (TPSA) is 60.9 Å². The third-order valence-electron chi connectivity index (χ3n) is 6.49. The Morgan fingerprint density at radius 3 is 2.28 bits per heavy atom. The van der Waals surface area contributed by atoms with Gasteiger partial charge in [0.15, 0.2) is 0 Å². The number of hydrogen-bond donors (Lipinski definition) is 1. The van der Waals surface area contributed by atoms with Crippen molar-refractivity contribution in [3.8, 4) is 11.1 Å². The summed E-state index contributed by atoms with van der Waals surface area (Å²) in [7, 11) is -3.21. The summed E-state index contributed by atoms with van der Waals surface area (Å²) in [6.45, 7) is 3.85. The number of hydrogen-bond acceptors (Lipinski definition) is 4. The van der Waals surface area contributed by atoms with Crippen molar-refractivity contribution in [3.63, 3.8) is 0 Å². The minimum absolute atomic E-state index is 0.0619. The Labute approximate surface area is 174 Å². The van der Waals surface area contributed by atoms with E-state index in [9.17, 15) is 13.5 Å². The Kier molecular flexibility index (Phi) is 6.06. The van der Waals surface area contributed by atoms with Crippen LogP contribution in [-0.2, 0) is 10.0 Å². The molecular formula is C23H30N2O3S. The summed E-state index contributed by atoms with van der Waals surface area (Å²) >= 11 is 0. The number of nitrogens with zero attached hydrogens (tertiary/aromatic N) is 2. The second-order valence-electron chi connectivity index (χ2n) is 8.03. The Balaban J connectivity index is 1.60. The predicted molar refractivity (Wildman–Crippen MR) is 116 cm³/mol. The van der Waals surface area contributed by atoms with Crippen LogP contribution in [0.3, 0.4) is 0 Å². The van der Waals surface area contributed by atoms with E-state index >= 15 is 0 Å². The molecule has 1 N–H and O–H groups in total. The molecule has 2 aromatic carbocycles. The smallest absolute Gasteiger partial charge is 0.213 e. The molecule has 0 amide bonds. The molecule has 0 unspecified atom stereocenters. The largest absolute Gasteiger partial charge is 0.395 e. The maximum atomic E-state index is 12.5. The highest BCUT2D eigenvalue weighted by Crippen LogP contribution is 2.42. The summed E-state index contributed by atoms with van der Waals surface area (Å²) in [5, 5.41) is 10.0. The standard InChI is InChI=1S/C23H30N2O3S/c1-2-29(27,28)24-14-6-7-15-25-21(16-24)23(22(25)17-26)20-12-10-19(11-13-20)18-8-4-3-5-9-18/h3-5,8-13,21-23,26H,2,6-7,14-17H2,1H3/t21-,22+,23-/m0/s1. The van der Waals surface area contributed by atoms with Crippen molar-refractivity contribution >= 4 is 10.0 Å². The molecule has 156 valence electrons. The van der Waals surface area contributed by atoms with Crippen LogP contribution in [0, 0.1) is 0 Å². The maximum absolute atomic E-state index is 12.5. The van der Waals surface area contributed by atoms with E-state index in [4.69, 9.17) is 0 Å². The van der Waals surface area contributed by atoms with Crippen molar-refractivity contribution in [1.29, 1.82) is 0 Å². The molecule has 0 bridgehead atoms. The highest BCUT2D eigenvalue weighted by molar-refractivity contribution is 7.89. The first-order valence-electron chi connectivity index (χ1n) is 10.5. The molecule has 0 radical (unpaired) electrons. The monoisotopic (exact) mass is 414 g/mol. The molecule has 0 aliphatic carbocycles. The van der Waals surface area contributed by atoms with E-state index in [1.807, 2.05) is 18.2 Å². The van der Waals surface area contributed by atoms with Gasteiger partial charge in [0.25, 0.3) is 0 Å². The zero-order chi connectivity index (χ0) is 20.4. The van der Waals surface area contributed by atoms with E-state index in [0.717, 1.165) is 19.4 Å². The van der Waals surface area contributed by atoms with E-state index in [1.165, 1.54) is 16.7 Å². The lowest BCUT2D eigenvalue weighted by Gasteiger charge is -2.57. The molecule has 2 fully saturated rings. The molecule has 3 atom stereocenters. The van der Waals surface area contributed by atoms with Gasteiger partial charge in [-0.3, -0.25) is 4.90 Å². The Hall–Kier alpha value is -1.73. The van der Waals surface area contributed by atoms with Gasteiger partial charge in [-0.15, -0.1) is 0 Å². The molecule has 2 aliphatic heterocycles. The van der Waals surface area contributed by atoms with Crippen molar-refractivity contribution in [2.75, 3.05) is 32.0 Å². The molecule has 2 aliphatic rings.